The van der Waals surface area contributed by atoms with Crippen LogP contribution in [0.5, 0.6) is 0 Å². The molecule has 0 bridgehead atoms. The second-order valence-electron chi connectivity index (χ2n) is 6.70. The minimum Gasteiger partial charge on any atom is -0.388 e. The van der Waals surface area contributed by atoms with Crippen LogP contribution in [-0.2, 0) is 11.8 Å². The third-order valence-corrected chi connectivity index (χ3v) is 5.85. The van der Waals surface area contributed by atoms with E-state index in [1.54, 1.807) is 4.57 Å². The first kappa shape index (κ1) is 17.8. The van der Waals surface area contributed by atoms with E-state index in [2.05, 4.69) is 24.6 Å². The SMILES string of the molecule is C=P(C)(C)CCC1O[C@@H](c2cn(C)c(=S)nc2C)[C@H](O)[C@@H]1O. The lowest BCUT2D eigenvalue weighted by Crippen LogP contribution is -2.31. The number of aryl methyl sites for hydroxylation is 2. The van der Waals surface area contributed by atoms with E-state index in [4.69, 9.17) is 17.0 Å². The molecule has 1 aliphatic heterocycles. The van der Waals surface area contributed by atoms with Gasteiger partial charge in [0.1, 0.15) is 18.3 Å². The Bertz CT molecular complexity index is 655. The minimum atomic E-state index is -1.18. The first-order chi connectivity index (χ1) is 10.1. The number of aromatic nitrogens is 2. The highest BCUT2D eigenvalue weighted by Gasteiger charge is 2.43. The Balaban J connectivity index is 2.21. The summed E-state index contributed by atoms with van der Waals surface area (Å²) in [5.74, 6) is 0. The molecule has 0 spiro atoms. The summed E-state index contributed by atoms with van der Waals surface area (Å²) in [5.41, 5.74) is 1.50. The fraction of sp³-hybridized carbons (Fsp3) is 0.667. The van der Waals surface area contributed by atoms with Gasteiger partial charge in [-0.05, 0) is 45.1 Å². The molecule has 0 radical (unpaired) electrons. The van der Waals surface area contributed by atoms with Gasteiger partial charge in [-0.2, -0.15) is 0 Å². The Morgan fingerprint density at radius 2 is 2.05 bits per heavy atom. The molecular weight excluding hydrogens is 319 g/mol. The van der Waals surface area contributed by atoms with Crippen LogP contribution in [0.15, 0.2) is 6.20 Å². The summed E-state index contributed by atoms with van der Waals surface area (Å²) in [6.07, 6.45) is 4.85. The number of aliphatic hydroxyl groups is 2. The smallest absolute Gasteiger partial charge is 0.199 e. The van der Waals surface area contributed by atoms with E-state index < -0.39 is 25.2 Å². The van der Waals surface area contributed by atoms with Crippen LogP contribution in [0.1, 0.15) is 23.8 Å². The fourth-order valence-electron chi connectivity index (χ4n) is 2.64. The van der Waals surface area contributed by atoms with E-state index in [0.29, 0.717) is 11.2 Å². The van der Waals surface area contributed by atoms with Crippen molar-refractivity contribution in [3.05, 3.63) is 22.2 Å². The molecule has 1 saturated heterocycles. The van der Waals surface area contributed by atoms with E-state index >= 15 is 0 Å². The van der Waals surface area contributed by atoms with E-state index in [0.717, 1.165) is 17.4 Å². The molecule has 4 atom stereocenters. The maximum Gasteiger partial charge on any atom is 0.199 e. The zero-order valence-corrected chi connectivity index (χ0v) is 15.3. The van der Waals surface area contributed by atoms with Crippen LogP contribution < -0.4 is 0 Å². The fourth-order valence-corrected chi connectivity index (χ4v) is 3.79. The molecule has 1 fully saturated rings. The molecule has 1 aliphatic rings. The molecule has 0 saturated carbocycles. The van der Waals surface area contributed by atoms with Crippen molar-refractivity contribution < 1.29 is 14.9 Å². The highest BCUT2D eigenvalue weighted by atomic mass is 32.1. The molecular formula is C15H25N2O3PS. The lowest BCUT2D eigenvalue weighted by Gasteiger charge is -2.19. The summed E-state index contributed by atoms with van der Waals surface area (Å²) in [6, 6.07) is 0. The van der Waals surface area contributed by atoms with Gasteiger partial charge in [0.15, 0.2) is 4.77 Å². The van der Waals surface area contributed by atoms with Crippen LogP contribution in [0.3, 0.4) is 0 Å². The largest absolute Gasteiger partial charge is 0.388 e. The topological polar surface area (TPSA) is 67.5 Å². The predicted octanol–water partition coefficient (Wildman–Crippen LogP) is 1.72. The highest BCUT2D eigenvalue weighted by molar-refractivity contribution is 7.72. The second kappa shape index (κ2) is 6.54. The van der Waals surface area contributed by atoms with Gasteiger partial charge in [-0.15, -0.1) is 13.2 Å². The number of hydrogen-bond acceptors (Lipinski definition) is 5. The Morgan fingerprint density at radius 1 is 1.41 bits per heavy atom. The van der Waals surface area contributed by atoms with Crippen molar-refractivity contribution in [1.29, 1.82) is 0 Å². The monoisotopic (exact) mass is 344 g/mol. The molecule has 1 aromatic rings. The minimum absolute atomic E-state index is 0.367. The summed E-state index contributed by atoms with van der Waals surface area (Å²) in [6.45, 7) is 4.96. The van der Waals surface area contributed by atoms with E-state index in [-0.39, 0.29) is 6.10 Å². The number of rotatable bonds is 4. The Hall–Kier alpha value is -0.520. The van der Waals surface area contributed by atoms with Crippen LogP contribution in [-0.4, -0.2) is 63.9 Å². The Kier molecular flexibility index (Phi) is 5.30. The Labute approximate surface area is 136 Å². The molecule has 2 heterocycles. The molecule has 22 heavy (non-hydrogen) atoms. The van der Waals surface area contributed by atoms with Gasteiger partial charge in [-0.3, -0.25) is 0 Å². The molecule has 7 heteroatoms. The molecule has 124 valence electrons. The van der Waals surface area contributed by atoms with Crippen molar-refractivity contribution in [2.75, 3.05) is 19.5 Å². The second-order valence-corrected chi connectivity index (χ2v) is 11.4. The Morgan fingerprint density at radius 3 is 2.64 bits per heavy atom. The predicted molar refractivity (Wildman–Crippen MR) is 93.8 cm³/mol. The number of aliphatic hydroxyl groups excluding tert-OH is 2. The molecule has 5 nitrogen and oxygen atoms in total. The normalized spacial score (nSPS) is 29.0. The van der Waals surface area contributed by atoms with E-state index in [1.807, 2.05) is 20.2 Å². The summed E-state index contributed by atoms with van der Waals surface area (Å²) >= 11 is 5.13. The standard InChI is InChI=1S/C15H25N2O3PS/c1-9-10(8-17(2)15(22)16-9)14-13(19)12(18)11(20-14)6-7-21(3,4)5/h8,11-14,18-19H,3,6-7H2,1-2,4-5H3/t11?,12-,13-,14+/m1/s1. The zero-order valence-electron chi connectivity index (χ0n) is 13.6. The van der Waals surface area contributed by atoms with E-state index in [1.165, 1.54) is 0 Å². The van der Waals surface area contributed by atoms with Crippen LogP contribution in [0.4, 0.5) is 0 Å². The summed E-state index contributed by atoms with van der Waals surface area (Å²) in [5, 5.41) is 20.6. The van der Waals surface area contributed by atoms with Gasteiger partial charge in [0.2, 0.25) is 0 Å². The van der Waals surface area contributed by atoms with Gasteiger partial charge >= 0.3 is 0 Å². The first-order valence-corrected chi connectivity index (χ1v) is 10.8. The van der Waals surface area contributed by atoms with Crippen molar-refractivity contribution in [3.63, 3.8) is 0 Å². The van der Waals surface area contributed by atoms with Crippen LogP contribution in [0.2, 0.25) is 0 Å². The van der Waals surface area contributed by atoms with Crippen LogP contribution >= 0.6 is 19.1 Å². The lowest BCUT2D eigenvalue weighted by molar-refractivity contribution is 0.00521. The van der Waals surface area contributed by atoms with Crippen molar-refractivity contribution >= 4 is 25.4 Å². The van der Waals surface area contributed by atoms with Gasteiger partial charge in [-0.25, -0.2) is 4.98 Å². The quantitative estimate of drug-likeness (QED) is 0.643. The molecule has 1 aromatic heterocycles. The third-order valence-electron chi connectivity index (χ3n) is 4.00. The lowest BCUT2D eigenvalue weighted by atomic mass is 10.0. The van der Waals surface area contributed by atoms with Gasteiger partial charge in [0.25, 0.3) is 0 Å². The maximum atomic E-state index is 10.4. The average Bonchev–Trinajstić information content (AvgIpc) is 2.68. The summed E-state index contributed by atoms with van der Waals surface area (Å²) in [7, 11) is 1.81. The molecule has 2 rings (SSSR count). The molecule has 0 aromatic carbocycles. The van der Waals surface area contributed by atoms with Crippen molar-refractivity contribution in [2.24, 2.45) is 7.05 Å². The van der Waals surface area contributed by atoms with Gasteiger partial charge in [0.05, 0.1) is 6.10 Å². The van der Waals surface area contributed by atoms with Gasteiger partial charge in [0, 0.05) is 24.5 Å². The zero-order chi connectivity index (χ0) is 16.7. The molecule has 2 N–H and O–H groups in total. The summed E-state index contributed by atoms with van der Waals surface area (Å²) in [4.78, 5) is 4.29. The van der Waals surface area contributed by atoms with Crippen LogP contribution in [0.25, 0.3) is 0 Å². The van der Waals surface area contributed by atoms with Crippen molar-refractivity contribution in [2.45, 2.75) is 37.8 Å². The third kappa shape index (κ3) is 3.87. The molecule has 0 amide bonds. The first-order valence-electron chi connectivity index (χ1n) is 7.33. The van der Waals surface area contributed by atoms with Gasteiger partial charge in [-0.1, -0.05) is 0 Å². The average molecular weight is 344 g/mol. The van der Waals surface area contributed by atoms with E-state index in [9.17, 15) is 10.2 Å². The molecule has 1 unspecified atom stereocenters. The van der Waals surface area contributed by atoms with Gasteiger partial charge < -0.3 is 19.5 Å². The number of hydrogen-bond donors (Lipinski definition) is 2. The van der Waals surface area contributed by atoms with Crippen molar-refractivity contribution in [3.8, 4) is 0 Å². The highest BCUT2D eigenvalue weighted by Crippen LogP contribution is 2.40. The van der Waals surface area contributed by atoms with Crippen LogP contribution in [0, 0.1) is 11.7 Å². The molecule has 0 aliphatic carbocycles. The number of ether oxygens (including phenoxy) is 1. The summed E-state index contributed by atoms with van der Waals surface area (Å²) < 4.78 is 8.15. The maximum absolute atomic E-state index is 10.4. The number of nitrogens with zero attached hydrogens (tertiary/aromatic N) is 2. The van der Waals surface area contributed by atoms with Crippen molar-refractivity contribution in [1.82, 2.24) is 9.55 Å².